The van der Waals surface area contributed by atoms with Crippen molar-refractivity contribution in [2.45, 2.75) is 11.8 Å². The number of carbonyl (C=O) groups excluding carboxylic acids is 1. The lowest BCUT2D eigenvalue weighted by Crippen LogP contribution is -2.15. The molecule has 1 amide bonds. The number of rotatable bonds is 8. The summed E-state index contributed by atoms with van der Waals surface area (Å²) in [6.07, 6.45) is 0. The molecule has 0 radical (unpaired) electrons. The number of non-ortho nitro benzene ring substituents is 1. The van der Waals surface area contributed by atoms with Crippen molar-refractivity contribution >= 4 is 63.8 Å². The van der Waals surface area contributed by atoms with Gasteiger partial charge < -0.3 is 14.6 Å². The zero-order valence-corrected chi connectivity index (χ0v) is 18.9. The van der Waals surface area contributed by atoms with E-state index in [1.807, 2.05) is 0 Å². The minimum absolute atomic E-state index is 0.00796. The number of nitrogens with zero attached hydrogens (tertiary/aromatic N) is 4. The molecule has 13 heteroatoms. The van der Waals surface area contributed by atoms with Crippen LogP contribution in [0.25, 0.3) is 0 Å². The molecule has 162 valence electrons. The Morgan fingerprint density at radius 3 is 2.68 bits per heavy atom. The summed E-state index contributed by atoms with van der Waals surface area (Å²) in [4.78, 5) is 22.6. The minimum atomic E-state index is -0.569. The van der Waals surface area contributed by atoms with Crippen LogP contribution in [-0.4, -0.2) is 31.3 Å². The van der Waals surface area contributed by atoms with Gasteiger partial charge in [0.25, 0.3) is 5.69 Å². The smallest absolute Gasteiger partial charge is 0.271 e. The summed E-state index contributed by atoms with van der Waals surface area (Å²) < 4.78 is 7.33. The largest absolute Gasteiger partial charge is 0.484 e. The predicted molar refractivity (Wildman–Crippen MR) is 119 cm³/mol. The molecule has 1 heterocycles. The molecule has 0 saturated heterocycles. The molecule has 0 aliphatic heterocycles. The van der Waals surface area contributed by atoms with Crippen LogP contribution in [0.3, 0.4) is 0 Å². The van der Waals surface area contributed by atoms with E-state index < -0.39 is 10.8 Å². The van der Waals surface area contributed by atoms with E-state index in [9.17, 15) is 14.9 Å². The lowest BCUT2D eigenvalue weighted by Gasteiger charge is -2.09. The first kappa shape index (κ1) is 23.1. The number of ether oxygens (including phenoxy) is 1. The Morgan fingerprint density at radius 1 is 1.19 bits per heavy atom. The molecule has 3 aromatic rings. The lowest BCUT2D eigenvalue weighted by molar-refractivity contribution is -0.384. The molecule has 0 spiro atoms. The number of nitro groups is 1. The van der Waals surface area contributed by atoms with Crippen molar-refractivity contribution in [1.82, 2.24) is 14.8 Å². The topological polar surface area (TPSA) is 112 Å². The maximum Gasteiger partial charge on any atom is 0.271 e. The molecule has 0 atom stereocenters. The molecule has 2 aromatic carbocycles. The van der Waals surface area contributed by atoms with Gasteiger partial charge in [-0.3, -0.25) is 14.9 Å². The summed E-state index contributed by atoms with van der Waals surface area (Å²) in [5, 5.41) is 23.1. The van der Waals surface area contributed by atoms with Crippen LogP contribution in [-0.2, 0) is 18.4 Å². The van der Waals surface area contributed by atoms with Gasteiger partial charge in [-0.15, -0.1) is 10.2 Å². The van der Waals surface area contributed by atoms with Crippen LogP contribution in [0.4, 0.5) is 11.4 Å². The number of nitro benzene ring substituents is 1. The van der Waals surface area contributed by atoms with Gasteiger partial charge in [-0.1, -0.05) is 46.6 Å². The van der Waals surface area contributed by atoms with Crippen molar-refractivity contribution in [3.05, 3.63) is 67.4 Å². The van der Waals surface area contributed by atoms with Crippen molar-refractivity contribution in [2.24, 2.45) is 7.05 Å². The fraction of sp³-hybridized carbons (Fsp3) is 0.167. The third-order valence-electron chi connectivity index (χ3n) is 3.94. The first-order chi connectivity index (χ1) is 14.7. The SMILES string of the molecule is Cn1c(COc2cc(Cl)ccc2Cl)nnc1SCC(=O)Nc1cc([N+](=O)[O-])ccc1Cl. The Balaban J connectivity index is 1.58. The van der Waals surface area contributed by atoms with Crippen molar-refractivity contribution < 1.29 is 14.5 Å². The molecule has 31 heavy (non-hydrogen) atoms. The van der Waals surface area contributed by atoms with Gasteiger partial charge in [0.15, 0.2) is 11.0 Å². The fourth-order valence-electron chi connectivity index (χ4n) is 2.37. The van der Waals surface area contributed by atoms with Gasteiger partial charge >= 0.3 is 0 Å². The highest BCUT2D eigenvalue weighted by molar-refractivity contribution is 7.99. The van der Waals surface area contributed by atoms with Crippen molar-refractivity contribution in [3.63, 3.8) is 0 Å². The number of amides is 1. The van der Waals surface area contributed by atoms with Crippen molar-refractivity contribution in [1.29, 1.82) is 0 Å². The zero-order chi connectivity index (χ0) is 22.5. The standard InChI is InChI=1S/C18H14Cl3N5O4S/c1-25-16(8-30-15-6-10(19)2-4-13(15)21)23-24-18(25)31-9-17(27)22-14-7-11(26(28)29)3-5-12(14)20/h2-7H,8-9H2,1H3,(H,22,27). The van der Waals surface area contributed by atoms with Crippen LogP contribution >= 0.6 is 46.6 Å². The molecule has 1 N–H and O–H groups in total. The highest BCUT2D eigenvalue weighted by atomic mass is 35.5. The Bertz CT molecular complexity index is 1140. The molecule has 3 rings (SSSR count). The first-order valence-corrected chi connectivity index (χ1v) is 10.7. The van der Waals surface area contributed by atoms with E-state index in [0.717, 1.165) is 11.8 Å². The van der Waals surface area contributed by atoms with E-state index in [0.29, 0.717) is 26.8 Å². The molecule has 1 aromatic heterocycles. The second kappa shape index (κ2) is 10.2. The Kier molecular flexibility index (Phi) is 7.60. The summed E-state index contributed by atoms with van der Waals surface area (Å²) in [6, 6.07) is 8.68. The summed E-state index contributed by atoms with van der Waals surface area (Å²) in [5.74, 6) is 0.519. The number of halogens is 3. The van der Waals surface area contributed by atoms with Crippen molar-refractivity contribution in [2.75, 3.05) is 11.1 Å². The Morgan fingerprint density at radius 2 is 1.94 bits per heavy atom. The Labute approximate surface area is 195 Å². The van der Waals surface area contributed by atoms with Crippen LogP contribution in [0.5, 0.6) is 5.75 Å². The fourth-order valence-corrected chi connectivity index (χ4v) is 3.59. The van der Waals surface area contributed by atoms with Gasteiger partial charge in [-0.2, -0.15) is 0 Å². The number of anilines is 1. The number of nitrogens with one attached hydrogen (secondary N) is 1. The van der Waals surface area contributed by atoms with E-state index in [4.69, 9.17) is 39.5 Å². The van der Waals surface area contributed by atoms with E-state index in [1.54, 1.807) is 29.8 Å². The zero-order valence-electron chi connectivity index (χ0n) is 15.8. The summed E-state index contributed by atoms with van der Waals surface area (Å²) in [7, 11) is 1.73. The third-order valence-corrected chi connectivity index (χ3v) is 5.84. The van der Waals surface area contributed by atoms with Crippen molar-refractivity contribution in [3.8, 4) is 5.75 Å². The number of benzene rings is 2. The molecule has 0 fully saturated rings. The molecular weight excluding hydrogens is 489 g/mol. The second-order valence-corrected chi connectivity index (χ2v) is 8.27. The van der Waals surface area contributed by atoms with E-state index >= 15 is 0 Å². The van der Waals surface area contributed by atoms with E-state index in [2.05, 4.69) is 15.5 Å². The average Bonchev–Trinajstić information content (AvgIpc) is 3.08. The van der Waals surface area contributed by atoms with E-state index in [-0.39, 0.29) is 28.8 Å². The number of carbonyl (C=O) groups is 1. The summed E-state index contributed by atoms with van der Waals surface area (Å²) >= 11 is 19.1. The number of hydrogen-bond acceptors (Lipinski definition) is 7. The predicted octanol–water partition coefficient (Wildman–Crippen LogP) is 4.99. The summed E-state index contributed by atoms with van der Waals surface area (Å²) in [5.41, 5.74) is -0.0166. The summed E-state index contributed by atoms with van der Waals surface area (Å²) in [6.45, 7) is 0.0968. The molecule has 0 bridgehead atoms. The maximum atomic E-state index is 12.2. The quantitative estimate of drug-likeness (QED) is 0.262. The molecule has 0 saturated carbocycles. The van der Waals surface area contributed by atoms with Crippen LogP contribution in [0.1, 0.15) is 5.82 Å². The monoisotopic (exact) mass is 501 g/mol. The van der Waals surface area contributed by atoms with Crippen LogP contribution in [0.15, 0.2) is 41.6 Å². The van der Waals surface area contributed by atoms with Gasteiger partial charge in [-0.25, -0.2) is 0 Å². The van der Waals surface area contributed by atoms with Gasteiger partial charge in [0.05, 0.1) is 26.4 Å². The number of aromatic nitrogens is 3. The number of hydrogen-bond donors (Lipinski definition) is 1. The van der Waals surface area contributed by atoms with Crippen LogP contribution < -0.4 is 10.1 Å². The van der Waals surface area contributed by atoms with Gasteiger partial charge in [-0.05, 0) is 18.2 Å². The average molecular weight is 503 g/mol. The Hall–Kier alpha value is -2.53. The third kappa shape index (κ3) is 6.01. The van der Waals surface area contributed by atoms with Gasteiger partial charge in [0, 0.05) is 30.3 Å². The second-order valence-electron chi connectivity index (χ2n) is 6.08. The van der Waals surface area contributed by atoms with E-state index in [1.165, 1.54) is 18.2 Å². The first-order valence-electron chi connectivity index (χ1n) is 8.57. The highest BCUT2D eigenvalue weighted by Gasteiger charge is 2.15. The molecule has 9 nitrogen and oxygen atoms in total. The van der Waals surface area contributed by atoms with Gasteiger partial charge in [0.2, 0.25) is 5.91 Å². The molecular formula is C18H14Cl3N5O4S. The molecule has 0 unspecified atom stereocenters. The minimum Gasteiger partial charge on any atom is -0.484 e. The molecule has 0 aliphatic rings. The van der Waals surface area contributed by atoms with Crippen LogP contribution in [0.2, 0.25) is 15.1 Å². The highest BCUT2D eigenvalue weighted by Crippen LogP contribution is 2.29. The lowest BCUT2D eigenvalue weighted by atomic mass is 10.3. The normalized spacial score (nSPS) is 10.7. The maximum absolute atomic E-state index is 12.2. The van der Waals surface area contributed by atoms with Crippen LogP contribution in [0, 0.1) is 10.1 Å². The molecule has 0 aliphatic carbocycles. The number of thioether (sulfide) groups is 1. The van der Waals surface area contributed by atoms with Gasteiger partial charge in [0.1, 0.15) is 12.4 Å².